The fourth-order valence-corrected chi connectivity index (χ4v) is 9.34. The van der Waals surface area contributed by atoms with E-state index in [9.17, 15) is 0 Å². The van der Waals surface area contributed by atoms with Gasteiger partial charge in [-0.15, -0.1) is 0 Å². The van der Waals surface area contributed by atoms with Crippen LogP contribution in [0.3, 0.4) is 0 Å². The highest BCUT2D eigenvalue weighted by molar-refractivity contribution is 6.75. The summed E-state index contributed by atoms with van der Waals surface area (Å²) in [6, 6.07) is 0.0730. The fourth-order valence-electron chi connectivity index (χ4n) is 4.35. The molecule has 6 nitrogen and oxygen atoms in total. The molecule has 1 rings (SSSR count). The summed E-state index contributed by atoms with van der Waals surface area (Å²) < 4.78 is 29.5. The highest BCUT2D eigenvalue weighted by atomic mass is 28.4. The van der Waals surface area contributed by atoms with E-state index >= 15 is 0 Å². The van der Waals surface area contributed by atoms with E-state index in [0.29, 0.717) is 13.2 Å². The standard InChI is InChI=1S/C33H76N2O4Si4/c1-30(2,3)40(13,14)36-25-26-28(38-42(17,18)32(7,8)9)29(39-43(19,20)33(10,11)12)27(24-35(26)23-21-22-34)37-41(15,16)31(4,5)6/h26-29H,21-25,34H2,1-20H3/t26-,27?,28?,29?/m1/s1. The Hall–Kier alpha value is 0.628. The van der Waals surface area contributed by atoms with Gasteiger partial charge in [0.2, 0.25) is 0 Å². The molecule has 258 valence electrons. The van der Waals surface area contributed by atoms with Gasteiger partial charge in [0, 0.05) is 6.54 Å². The van der Waals surface area contributed by atoms with E-state index in [0.717, 1.165) is 19.5 Å². The smallest absolute Gasteiger partial charge is 0.192 e. The van der Waals surface area contributed by atoms with Crippen LogP contribution in [0.25, 0.3) is 0 Å². The first-order valence-electron chi connectivity index (χ1n) is 16.9. The van der Waals surface area contributed by atoms with Crippen molar-refractivity contribution in [3.05, 3.63) is 0 Å². The van der Waals surface area contributed by atoms with Gasteiger partial charge in [-0.05, 0) is 92.0 Å². The lowest BCUT2D eigenvalue weighted by Crippen LogP contribution is -2.70. The summed E-state index contributed by atoms with van der Waals surface area (Å²) in [5.41, 5.74) is 6.12. The number of hydrogen-bond donors (Lipinski definition) is 1. The van der Waals surface area contributed by atoms with Gasteiger partial charge in [-0.3, -0.25) is 4.90 Å². The predicted molar refractivity (Wildman–Crippen MR) is 198 cm³/mol. The van der Waals surface area contributed by atoms with Crippen LogP contribution in [0, 0.1) is 0 Å². The monoisotopic (exact) mass is 676 g/mol. The van der Waals surface area contributed by atoms with Crippen LogP contribution in [0.1, 0.15) is 89.5 Å². The van der Waals surface area contributed by atoms with Crippen molar-refractivity contribution in [2.45, 2.75) is 186 Å². The second-order valence-electron chi connectivity index (χ2n) is 19.4. The molecule has 43 heavy (non-hydrogen) atoms. The van der Waals surface area contributed by atoms with Crippen LogP contribution in [0.5, 0.6) is 0 Å². The number of nitrogens with two attached hydrogens (primary N) is 1. The first-order valence-corrected chi connectivity index (χ1v) is 28.6. The van der Waals surface area contributed by atoms with Gasteiger partial charge in [0.25, 0.3) is 0 Å². The van der Waals surface area contributed by atoms with Crippen molar-refractivity contribution in [1.82, 2.24) is 4.90 Å². The van der Waals surface area contributed by atoms with Gasteiger partial charge >= 0.3 is 0 Å². The molecule has 0 amide bonds. The number of nitrogens with zero attached hydrogens (tertiary/aromatic N) is 1. The van der Waals surface area contributed by atoms with Gasteiger partial charge in [-0.2, -0.15) is 0 Å². The van der Waals surface area contributed by atoms with Crippen molar-refractivity contribution in [2.24, 2.45) is 5.73 Å². The Balaban J connectivity index is 3.92. The zero-order chi connectivity index (χ0) is 34.3. The van der Waals surface area contributed by atoms with Crippen LogP contribution in [0.15, 0.2) is 0 Å². The third kappa shape index (κ3) is 10.6. The lowest BCUT2D eigenvalue weighted by Gasteiger charge is -2.56. The molecule has 1 saturated heterocycles. The van der Waals surface area contributed by atoms with E-state index in [1.165, 1.54) is 0 Å². The molecule has 0 aliphatic carbocycles. The van der Waals surface area contributed by atoms with Gasteiger partial charge in [-0.1, -0.05) is 83.1 Å². The minimum absolute atomic E-state index is 0.0642. The Morgan fingerprint density at radius 3 is 1.33 bits per heavy atom. The molecule has 0 spiro atoms. The number of rotatable bonds is 12. The highest BCUT2D eigenvalue weighted by Gasteiger charge is 2.55. The van der Waals surface area contributed by atoms with Crippen molar-refractivity contribution < 1.29 is 17.7 Å². The molecular weight excluding hydrogens is 601 g/mol. The van der Waals surface area contributed by atoms with Crippen LogP contribution in [0.2, 0.25) is 72.5 Å². The average Bonchev–Trinajstić information content (AvgIpc) is 2.75. The maximum atomic E-state index is 7.55. The van der Waals surface area contributed by atoms with Gasteiger partial charge < -0.3 is 23.4 Å². The van der Waals surface area contributed by atoms with Crippen molar-refractivity contribution in [3.63, 3.8) is 0 Å². The van der Waals surface area contributed by atoms with Crippen molar-refractivity contribution in [2.75, 3.05) is 26.2 Å². The first kappa shape index (κ1) is 41.7. The Kier molecular flexibility index (Phi) is 13.6. The molecule has 10 heteroatoms. The molecule has 1 aliphatic rings. The summed E-state index contributed by atoms with van der Waals surface area (Å²) in [6.07, 6.45) is 0.545. The van der Waals surface area contributed by atoms with Crippen molar-refractivity contribution in [3.8, 4) is 0 Å². The largest absolute Gasteiger partial charge is 0.415 e. The molecule has 1 fully saturated rings. The third-order valence-corrected chi connectivity index (χ3v) is 29.7. The Bertz CT molecular complexity index is 883. The molecule has 0 bridgehead atoms. The van der Waals surface area contributed by atoms with Crippen molar-refractivity contribution in [1.29, 1.82) is 0 Å². The maximum absolute atomic E-state index is 7.55. The summed E-state index contributed by atoms with van der Waals surface area (Å²) in [5, 5.41) is 0.355. The van der Waals surface area contributed by atoms with Gasteiger partial charge in [0.1, 0.15) is 0 Å². The van der Waals surface area contributed by atoms with E-state index in [1.54, 1.807) is 0 Å². The maximum Gasteiger partial charge on any atom is 0.192 e. The Morgan fingerprint density at radius 1 is 0.581 bits per heavy atom. The number of likely N-dealkylation sites (tertiary alicyclic amines) is 1. The summed E-state index contributed by atoms with van der Waals surface area (Å²) in [7, 11) is -8.51. The van der Waals surface area contributed by atoms with E-state index in [4.69, 9.17) is 23.4 Å². The van der Waals surface area contributed by atoms with Gasteiger partial charge in [0.15, 0.2) is 33.3 Å². The highest BCUT2D eigenvalue weighted by Crippen LogP contribution is 2.46. The second-order valence-corrected chi connectivity index (χ2v) is 38.5. The number of hydrogen-bond acceptors (Lipinski definition) is 6. The Labute approximate surface area is 273 Å². The molecular formula is C33H76N2O4Si4. The SMILES string of the molecule is CC(C)(C)[Si](C)(C)OC[C@@H]1C(O[Si](C)(C)C(C)(C)C)C(O[Si](C)(C)C(C)(C)C)C(O[Si](C)(C)C(C)(C)C)CN1CCCN. The topological polar surface area (TPSA) is 66.2 Å². The first-order chi connectivity index (χ1) is 18.8. The van der Waals surface area contributed by atoms with Crippen LogP contribution >= 0.6 is 0 Å². The summed E-state index contributed by atoms with van der Waals surface area (Å²) in [5.74, 6) is 0. The molecule has 1 aliphatic heterocycles. The third-order valence-electron chi connectivity index (χ3n) is 11.7. The Morgan fingerprint density at radius 2 is 0.953 bits per heavy atom. The predicted octanol–water partition coefficient (Wildman–Crippen LogP) is 9.21. The minimum Gasteiger partial charge on any atom is -0.415 e. The zero-order valence-electron chi connectivity index (χ0n) is 32.5. The van der Waals surface area contributed by atoms with Crippen LogP contribution in [-0.4, -0.2) is 88.8 Å². The van der Waals surface area contributed by atoms with E-state index in [1.807, 2.05) is 0 Å². The van der Waals surface area contributed by atoms with Crippen molar-refractivity contribution >= 4 is 33.3 Å². The van der Waals surface area contributed by atoms with Crippen LogP contribution in [-0.2, 0) is 17.7 Å². The van der Waals surface area contributed by atoms with E-state index in [2.05, 4.69) is 140 Å². The molecule has 4 atom stereocenters. The van der Waals surface area contributed by atoms with Crippen LogP contribution in [0.4, 0.5) is 0 Å². The zero-order valence-corrected chi connectivity index (χ0v) is 36.5. The molecule has 0 aromatic rings. The average molecular weight is 677 g/mol. The quantitative estimate of drug-likeness (QED) is 0.208. The molecule has 2 N–H and O–H groups in total. The number of piperidine rings is 1. The second kappa shape index (κ2) is 14.0. The van der Waals surface area contributed by atoms with Crippen LogP contribution < -0.4 is 5.73 Å². The van der Waals surface area contributed by atoms with E-state index < -0.39 is 33.3 Å². The lowest BCUT2D eigenvalue weighted by molar-refractivity contribution is -0.128. The molecule has 0 radical (unpaired) electrons. The van der Waals surface area contributed by atoms with E-state index in [-0.39, 0.29) is 44.5 Å². The van der Waals surface area contributed by atoms with Gasteiger partial charge in [-0.25, -0.2) is 0 Å². The molecule has 0 saturated carbocycles. The normalized spacial score (nSPS) is 24.5. The lowest BCUT2D eigenvalue weighted by atomic mass is 9.94. The molecule has 3 unspecified atom stereocenters. The summed E-state index contributed by atoms with van der Waals surface area (Å²) in [6.45, 7) is 50.0. The molecule has 0 aromatic heterocycles. The summed E-state index contributed by atoms with van der Waals surface area (Å²) in [4.78, 5) is 2.60. The van der Waals surface area contributed by atoms with Gasteiger partial charge in [0.05, 0.1) is 31.0 Å². The molecule has 0 aromatic carbocycles. The minimum atomic E-state index is -2.20. The molecule has 1 heterocycles. The summed E-state index contributed by atoms with van der Waals surface area (Å²) >= 11 is 0. The fraction of sp³-hybridized carbons (Fsp3) is 1.00.